The number of para-hydroxylation sites is 1. The van der Waals surface area contributed by atoms with Crippen LogP contribution in [-0.4, -0.2) is 13.0 Å². The fraction of sp³-hybridized carbons (Fsp3) is 0.0870. The zero-order chi connectivity index (χ0) is 20.4. The molecule has 0 bridgehead atoms. The van der Waals surface area contributed by atoms with Gasteiger partial charge < -0.3 is 14.8 Å². The number of halogens is 2. The number of carbonyl (C=O) groups excluding carboxylic acids is 1. The summed E-state index contributed by atoms with van der Waals surface area (Å²) in [7, 11) is 1.54. The Bertz CT molecular complexity index is 1120. The van der Waals surface area contributed by atoms with Crippen molar-refractivity contribution in [3.63, 3.8) is 0 Å². The van der Waals surface area contributed by atoms with Crippen LogP contribution < -0.4 is 14.8 Å². The highest BCUT2D eigenvalue weighted by Gasteiger charge is 2.23. The molecule has 0 aliphatic carbocycles. The Labute approximate surface area is 178 Å². The molecule has 29 heavy (non-hydrogen) atoms. The first-order chi connectivity index (χ1) is 14.1. The molecule has 0 aromatic heterocycles. The zero-order valence-electron chi connectivity index (χ0n) is 15.5. The number of nitrogens with one attached hydrogen (secondary N) is 1. The van der Waals surface area contributed by atoms with Crippen LogP contribution in [0.15, 0.2) is 60.7 Å². The van der Waals surface area contributed by atoms with Gasteiger partial charge in [-0.3, -0.25) is 4.79 Å². The Morgan fingerprint density at radius 3 is 2.55 bits per heavy atom. The third-order valence-electron chi connectivity index (χ3n) is 4.60. The van der Waals surface area contributed by atoms with Gasteiger partial charge in [0.25, 0.3) is 5.91 Å². The number of fused-ring (bicyclic) bond motifs is 1. The number of rotatable bonds is 5. The molecule has 1 N–H and O–H groups in total. The summed E-state index contributed by atoms with van der Waals surface area (Å²) in [5.74, 6) is 0.746. The molecule has 1 aliphatic rings. The van der Waals surface area contributed by atoms with E-state index in [1.807, 2.05) is 42.5 Å². The maximum absolute atomic E-state index is 12.4. The quantitative estimate of drug-likeness (QED) is 0.504. The molecule has 6 heteroatoms. The number of benzene rings is 3. The second-order valence-corrected chi connectivity index (χ2v) is 7.29. The van der Waals surface area contributed by atoms with Crippen molar-refractivity contribution in [1.82, 2.24) is 0 Å². The van der Waals surface area contributed by atoms with Crippen molar-refractivity contribution in [2.24, 2.45) is 0 Å². The van der Waals surface area contributed by atoms with Crippen molar-refractivity contribution in [3.8, 4) is 11.5 Å². The van der Waals surface area contributed by atoms with E-state index in [0.29, 0.717) is 27.1 Å². The first-order valence-electron chi connectivity index (χ1n) is 8.93. The van der Waals surface area contributed by atoms with E-state index in [1.54, 1.807) is 31.4 Å². The molecule has 0 saturated heterocycles. The lowest BCUT2D eigenvalue weighted by molar-refractivity contribution is -0.110. The van der Waals surface area contributed by atoms with Gasteiger partial charge in [-0.25, -0.2) is 0 Å². The fourth-order valence-electron chi connectivity index (χ4n) is 3.18. The van der Waals surface area contributed by atoms with Gasteiger partial charge in [0.15, 0.2) is 11.5 Å². The molecule has 0 atom stereocenters. The van der Waals surface area contributed by atoms with E-state index in [4.69, 9.17) is 32.7 Å². The van der Waals surface area contributed by atoms with E-state index in [0.717, 1.165) is 22.4 Å². The number of carbonyl (C=O) groups is 1. The van der Waals surface area contributed by atoms with Crippen molar-refractivity contribution >= 4 is 46.4 Å². The summed E-state index contributed by atoms with van der Waals surface area (Å²) in [4.78, 5) is 12.4. The molecule has 1 amide bonds. The van der Waals surface area contributed by atoms with Crippen LogP contribution in [-0.2, 0) is 11.4 Å². The second-order valence-electron chi connectivity index (χ2n) is 6.47. The third kappa shape index (κ3) is 3.95. The number of ether oxygens (including phenoxy) is 2. The Morgan fingerprint density at radius 1 is 1.00 bits per heavy atom. The average Bonchev–Trinajstić information content (AvgIpc) is 3.03. The molecule has 3 aromatic rings. The maximum atomic E-state index is 12.4. The first-order valence-corrected chi connectivity index (χ1v) is 9.68. The molecule has 0 fully saturated rings. The predicted octanol–water partition coefficient (Wildman–Crippen LogP) is 6.07. The molecule has 0 saturated carbocycles. The predicted molar refractivity (Wildman–Crippen MR) is 117 cm³/mol. The summed E-state index contributed by atoms with van der Waals surface area (Å²) in [6, 6.07) is 18.5. The lowest BCUT2D eigenvalue weighted by Crippen LogP contribution is -2.03. The van der Waals surface area contributed by atoms with Gasteiger partial charge in [0, 0.05) is 27.4 Å². The van der Waals surface area contributed by atoms with Gasteiger partial charge in [-0.1, -0.05) is 59.6 Å². The third-order valence-corrected chi connectivity index (χ3v) is 5.25. The smallest absolute Gasteiger partial charge is 0.256 e. The molecule has 146 valence electrons. The number of anilines is 1. The number of hydrogen-bond acceptors (Lipinski definition) is 3. The van der Waals surface area contributed by atoms with Crippen LogP contribution >= 0.6 is 23.2 Å². The molecular formula is C23H17Cl2NO3. The molecule has 0 unspecified atom stereocenters. The molecule has 4 nitrogen and oxygen atoms in total. The lowest BCUT2D eigenvalue weighted by atomic mass is 10.0. The topological polar surface area (TPSA) is 47.6 Å². The molecule has 3 aromatic carbocycles. The summed E-state index contributed by atoms with van der Waals surface area (Å²) in [6.07, 6.45) is 1.79. The normalized spacial score (nSPS) is 13.9. The van der Waals surface area contributed by atoms with Crippen molar-refractivity contribution in [2.45, 2.75) is 6.61 Å². The van der Waals surface area contributed by atoms with Crippen molar-refractivity contribution in [1.29, 1.82) is 0 Å². The highest BCUT2D eigenvalue weighted by molar-refractivity contribution is 6.35. The SMILES string of the molecule is COc1cc(/C=C2\C(=O)Nc3ccccc32)cc(Cl)c1OCc1ccccc1Cl. The van der Waals surface area contributed by atoms with Gasteiger partial charge in [0.05, 0.1) is 12.1 Å². The van der Waals surface area contributed by atoms with Gasteiger partial charge in [0.2, 0.25) is 0 Å². The molecule has 1 heterocycles. The maximum Gasteiger partial charge on any atom is 0.256 e. The summed E-state index contributed by atoms with van der Waals surface area (Å²) in [5.41, 5.74) is 3.80. The van der Waals surface area contributed by atoms with Crippen LogP contribution in [0.5, 0.6) is 11.5 Å². The second kappa shape index (κ2) is 8.19. The number of hydrogen-bond donors (Lipinski definition) is 1. The Kier molecular flexibility index (Phi) is 5.47. The van der Waals surface area contributed by atoms with Crippen LogP contribution in [0.1, 0.15) is 16.7 Å². The van der Waals surface area contributed by atoms with Crippen LogP contribution in [0.25, 0.3) is 11.6 Å². The standard InChI is InChI=1S/C23H17Cl2NO3/c1-28-21-12-14(10-17-16-7-3-5-9-20(16)26-23(17)27)11-19(25)22(21)29-13-15-6-2-4-8-18(15)24/h2-12H,13H2,1H3,(H,26,27)/b17-10-. The Balaban J connectivity index is 1.65. The Morgan fingerprint density at radius 2 is 1.76 bits per heavy atom. The van der Waals surface area contributed by atoms with Crippen LogP contribution in [0, 0.1) is 0 Å². The van der Waals surface area contributed by atoms with Crippen molar-refractivity contribution < 1.29 is 14.3 Å². The minimum absolute atomic E-state index is 0.152. The number of amides is 1. The van der Waals surface area contributed by atoms with E-state index in [1.165, 1.54) is 0 Å². The monoisotopic (exact) mass is 425 g/mol. The molecule has 4 rings (SSSR count). The average molecular weight is 426 g/mol. The zero-order valence-corrected chi connectivity index (χ0v) is 17.1. The van der Waals surface area contributed by atoms with E-state index < -0.39 is 0 Å². The molecule has 1 aliphatic heterocycles. The minimum atomic E-state index is -0.152. The van der Waals surface area contributed by atoms with Crippen LogP contribution in [0.3, 0.4) is 0 Å². The summed E-state index contributed by atoms with van der Waals surface area (Å²) >= 11 is 12.7. The Hall–Kier alpha value is -2.95. The molecule has 0 spiro atoms. The van der Waals surface area contributed by atoms with Gasteiger partial charge in [-0.05, 0) is 35.9 Å². The van der Waals surface area contributed by atoms with Gasteiger partial charge in [0.1, 0.15) is 6.61 Å². The number of methoxy groups -OCH3 is 1. The van der Waals surface area contributed by atoms with Crippen LogP contribution in [0.4, 0.5) is 5.69 Å². The van der Waals surface area contributed by atoms with Gasteiger partial charge in [-0.15, -0.1) is 0 Å². The van der Waals surface area contributed by atoms with E-state index in [2.05, 4.69) is 5.32 Å². The summed E-state index contributed by atoms with van der Waals surface area (Å²) in [5, 5.41) is 3.86. The van der Waals surface area contributed by atoms with E-state index >= 15 is 0 Å². The highest BCUT2D eigenvalue weighted by Crippen LogP contribution is 2.39. The van der Waals surface area contributed by atoms with Gasteiger partial charge >= 0.3 is 0 Å². The summed E-state index contributed by atoms with van der Waals surface area (Å²) < 4.78 is 11.4. The summed E-state index contributed by atoms with van der Waals surface area (Å²) in [6.45, 7) is 0.256. The fourth-order valence-corrected chi connectivity index (χ4v) is 3.64. The van der Waals surface area contributed by atoms with Gasteiger partial charge in [-0.2, -0.15) is 0 Å². The van der Waals surface area contributed by atoms with E-state index in [-0.39, 0.29) is 12.5 Å². The van der Waals surface area contributed by atoms with E-state index in [9.17, 15) is 4.79 Å². The van der Waals surface area contributed by atoms with Crippen molar-refractivity contribution in [2.75, 3.05) is 12.4 Å². The van der Waals surface area contributed by atoms with Crippen LogP contribution in [0.2, 0.25) is 10.0 Å². The largest absolute Gasteiger partial charge is 0.493 e. The molecule has 0 radical (unpaired) electrons. The first kappa shape index (κ1) is 19.4. The lowest BCUT2D eigenvalue weighted by Gasteiger charge is -2.14. The molecular weight excluding hydrogens is 409 g/mol. The van der Waals surface area contributed by atoms with Crippen molar-refractivity contribution in [3.05, 3.63) is 87.4 Å². The minimum Gasteiger partial charge on any atom is -0.493 e. The highest BCUT2D eigenvalue weighted by atomic mass is 35.5.